The molecular weight excluding hydrogens is 322 g/mol. The van der Waals surface area contributed by atoms with Crippen LogP contribution in [0, 0.1) is 6.92 Å². The van der Waals surface area contributed by atoms with Crippen LogP contribution in [0.3, 0.4) is 0 Å². The molecule has 0 saturated carbocycles. The molecule has 0 radical (unpaired) electrons. The van der Waals surface area contributed by atoms with Crippen molar-refractivity contribution < 1.29 is 9.53 Å². The Labute approximate surface area is 126 Å². The number of anilines is 1. The highest BCUT2D eigenvalue weighted by atomic mass is 79.9. The van der Waals surface area contributed by atoms with Crippen molar-refractivity contribution in [3.63, 3.8) is 0 Å². The van der Waals surface area contributed by atoms with E-state index in [0.717, 1.165) is 21.4 Å². The number of methoxy groups -OCH3 is 1. The van der Waals surface area contributed by atoms with Crippen molar-refractivity contribution in [1.82, 2.24) is 9.78 Å². The number of halogens is 1. The van der Waals surface area contributed by atoms with Crippen molar-refractivity contribution in [1.29, 1.82) is 0 Å². The van der Waals surface area contributed by atoms with E-state index in [2.05, 4.69) is 26.3 Å². The van der Waals surface area contributed by atoms with Crippen LogP contribution in [0.15, 0.2) is 28.9 Å². The summed E-state index contributed by atoms with van der Waals surface area (Å²) in [6, 6.07) is 5.41. The molecule has 0 fully saturated rings. The first-order valence-electron chi connectivity index (χ1n) is 6.12. The minimum Gasteiger partial charge on any atom is -0.465 e. The topological polar surface area (TPSA) is 56.1 Å². The van der Waals surface area contributed by atoms with Gasteiger partial charge in [-0.2, -0.15) is 5.10 Å². The Bertz CT molecular complexity index is 637. The molecule has 6 heteroatoms. The number of carbonyl (C=O) groups is 1. The maximum atomic E-state index is 11.4. The van der Waals surface area contributed by atoms with Gasteiger partial charge >= 0.3 is 5.97 Å². The molecule has 0 aliphatic heterocycles. The standard InChI is InChI=1S/C14H16BrN3O2/c1-9-13(8-18(2)17-9)16-7-11-5-4-10(6-12(11)15)14(19)20-3/h4-6,8,16H,7H2,1-3H3. The van der Waals surface area contributed by atoms with Gasteiger partial charge < -0.3 is 10.1 Å². The van der Waals surface area contributed by atoms with E-state index in [4.69, 9.17) is 4.74 Å². The van der Waals surface area contributed by atoms with Gasteiger partial charge in [-0.1, -0.05) is 22.0 Å². The van der Waals surface area contributed by atoms with Gasteiger partial charge in [-0.25, -0.2) is 4.79 Å². The van der Waals surface area contributed by atoms with Crippen molar-refractivity contribution in [2.45, 2.75) is 13.5 Å². The zero-order valence-corrected chi connectivity index (χ0v) is 13.2. The van der Waals surface area contributed by atoms with Crippen LogP contribution in [0.2, 0.25) is 0 Å². The Kier molecular flexibility index (Phi) is 4.44. The minimum absolute atomic E-state index is 0.340. The lowest BCUT2D eigenvalue weighted by atomic mass is 10.1. The number of nitrogens with one attached hydrogen (secondary N) is 1. The number of esters is 1. The van der Waals surface area contributed by atoms with E-state index >= 15 is 0 Å². The van der Waals surface area contributed by atoms with Gasteiger partial charge in [-0.15, -0.1) is 0 Å². The van der Waals surface area contributed by atoms with E-state index in [1.165, 1.54) is 7.11 Å². The lowest BCUT2D eigenvalue weighted by molar-refractivity contribution is 0.0600. The monoisotopic (exact) mass is 337 g/mol. The lowest BCUT2D eigenvalue weighted by Crippen LogP contribution is -2.04. The molecule has 5 nitrogen and oxygen atoms in total. The van der Waals surface area contributed by atoms with E-state index in [1.54, 1.807) is 16.8 Å². The Hall–Kier alpha value is -1.82. The average Bonchev–Trinajstić information content (AvgIpc) is 2.74. The summed E-state index contributed by atoms with van der Waals surface area (Å²) < 4.78 is 7.33. The summed E-state index contributed by atoms with van der Waals surface area (Å²) in [6.07, 6.45) is 1.94. The molecule has 20 heavy (non-hydrogen) atoms. The first-order chi connectivity index (χ1) is 9.51. The molecule has 0 amide bonds. The molecule has 0 spiro atoms. The highest BCUT2D eigenvalue weighted by Gasteiger charge is 2.09. The third-order valence-electron chi connectivity index (χ3n) is 2.96. The van der Waals surface area contributed by atoms with Crippen LogP contribution in [-0.2, 0) is 18.3 Å². The van der Waals surface area contributed by atoms with E-state index in [9.17, 15) is 4.79 Å². The summed E-state index contributed by atoms with van der Waals surface area (Å²) in [6.45, 7) is 2.60. The number of hydrogen-bond donors (Lipinski definition) is 1. The third-order valence-corrected chi connectivity index (χ3v) is 3.70. The second-order valence-corrected chi connectivity index (χ2v) is 5.31. The SMILES string of the molecule is COC(=O)c1ccc(CNc2cn(C)nc2C)c(Br)c1. The second-order valence-electron chi connectivity index (χ2n) is 4.45. The zero-order valence-electron chi connectivity index (χ0n) is 11.6. The van der Waals surface area contributed by atoms with Gasteiger partial charge in [0.05, 0.1) is 24.1 Å². The quantitative estimate of drug-likeness (QED) is 0.871. The molecule has 1 aromatic heterocycles. The summed E-state index contributed by atoms with van der Waals surface area (Å²) in [4.78, 5) is 11.4. The van der Waals surface area contributed by atoms with Crippen molar-refractivity contribution in [2.24, 2.45) is 7.05 Å². The first kappa shape index (κ1) is 14.6. The van der Waals surface area contributed by atoms with Crippen LogP contribution < -0.4 is 5.32 Å². The number of hydrogen-bond acceptors (Lipinski definition) is 4. The maximum Gasteiger partial charge on any atom is 0.337 e. The van der Waals surface area contributed by atoms with Crippen molar-refractivity contribution >= 4 is 27.6 Å². The predicted molar refractivity (Wildman–Crippen MR) is 80.8 cm³/mol. The first-order valence-corrected chi connectivity index (χ1v) is 6.91. The fraction of sp³-hybridized carbons (Fsp3) is 0.286. The van der Waals surface area contributed by atoms with Crippen LogP contribution in [0.5, 0.6) is 0 Å². The Morgan fingerprint density at radius 1 is 1.50 bits per heavy atom. The number of benzene rings is 1. The molecular formula is C14H16BrN3O2. The van der Waals surface area contributed by atoms with Crippen LogP contribution in [0.4, 0.5) is 5.69 Å². The van der Waals surface area contributed by atoms with E-state index < -0.39 is 0 Å². The second kappa shape index (κ2) is 6.09. The fourth-order valence-corrected chi connectivity index (χ4v) is 2.42. The fourth-order valence-electron chi connectivity index (χ4n) is 1.90. The van der Waals surface area contributed by atoms with E-state index in [0.29, 0.717) is 12.1 Å². The minimum atomic E-state index is -0.340. The summed E-state index contributed by atoms with van der Waals surface area (Å²) >= 11 is 3.47. The lowest BCUT2D eigenvalue weighted by Gasteiger charge is -2.08. The molecule has 2 aromatic rings. The maximum absolute atomic E-state index is 11.4. The number of aryl methyl sites for hydroxylation is 2. The molecule has 106 valence electrons. The summed E-state index contributed by atoms with van der Waals surface area (Å²) in [7, 11) is 3.26. The Morgan fingerprint density at radius 2 is 2.25 bits per heavy atom. The van der Waals surface area contributed by atoms with Crippen LogP contribution >= 0.6 is 15.9 Å². The molecule has 0 unspecified atom stereocenters. The van der Waals surface area contributed by atoms with Crippen molar-refractivity contribution in [3.8, 4) is 0 Å². The van der Waals surface area contributed by atoms with Gasteiger partial charge in [0.2, 0.25) is 0 Å². The van der Waals surface area contributed by atoms with Crippen molar-refractivity contribution in [2.75, 3.05) is 12.4 Å². The number of rotatable bonds is 4. The Balaban J connectivity index is 2.10. The molecule has 2 rings (SSSR count). The summed E-state index contributed by atoms with van der Waals surface area (Å²) in [5, 5.41) is 7.60. The number of carbonyl (C=O) groups excluding carboxylic acids is 1. The Morgan fingerprint density at radius 3 is 2.80 bits per heavy atom. The van der Waals surface area contributed by atoms with Gasteiger partial charge in [0, 0.05) is 24.3 Å². The molecule has 1 aromatic carbocycles. The van der Waals surface area contributed by atoms with E-state index in [-0.39, 0.29) is 5.97 Å². The summed E-state index contributed by atoms with van der Waals surface area (Å²) in [5.74, 6) is -0.340. The van der Waals surface area contributed by atoms with E-state index in [1.807, 2.05) is 26.2 Å². The molecule has 0 bridgehead atoms. The predicted octanol–water partition coefficient (Wildman–Crippen LogP) is 2.89. The van der Waals surface area contributed by atoms with Gasteiger partial charge in [0.15, 0.2) is 0 Å². The highest BCUT2D eigenvalue weighted by molar-refractivity contribution is 9.10. The molecule has 0 saturated heterocycles. The van der Waals surface area contributed by atoms with Crippen molar-refractivity contribution in [3.05, 3.63) is 45.7 Å². The number of aromatic nitrogens is 2. The van der Waals surface area contributed by atoms with Crippen LogP contribution in [-0.4, -0.2) is 22.9 Å². The molecule has 0 aliphatic rings. The van der Waals surface area contributed by atoms with Gasteiger partial charge in [0.1, 0.15) is 0 Å². The molecule has 0 atom stereocenters. The van der Waals surface area contributed by atoms with Gasteiger partial charge in [0.25, 0.3) is 0 Å². The van der Waals surface area contributed by atoms with Gasteiger partial charge in [-0.3, -0.25) is 4.68 Å². The largest absolute Gasteiger partial charge is 0.465 e. The smallest absolute Gasteiger partial charge is 0.337 e. The molecule has 1 heterocycles. The van der Waals surface area contributed by atoms with Crippen LogP contribution in [0.25, 0.3) is 0 Å². The normalized spacial score (nSPS) is 10.4. The van der Waals surface area contributed by atoms with Crippen LogP contribution in [0.1, 0.15) is 21.6 Å². The highest BCUT2D eigenvalue weighted by Crippen LogP contribution is 2.21. The molecule has 1 N–H and O–H groups in total. The van der Waals surface area contributed by atoms with Gasteiger partial charge in [-0.05, 0) is 24.6 Å². The summed E-state index contributed by atoms with van der Waals surface area (Å²) in [5.41, 5.74) is 3.54. The number of ether oxygens (including phenoxy) is 1. The molecule has 0 aliphatic carbocycles. The number of nitrogens with zero attached hydrogens (tertiary/aromatic N) is 2. The average molecular weight is 338 g/mol. The zero-order chi connectivity index (χ0) is 14.7. The third kappa shape index (κ3) is 3.19.